The summed E-state index contributed by atoms with van der Waals surface area (Å²) in [7, 11) is 0. The number of nitrogens with zero attached hydrogens (tertiary/aromatic N) is 3. The predicted molar refractivity (Wildman–Crippen MR) is 63.7 cm³/mol. The van der Waals surface area contributed by atoms with E-state index in [2.05, 4.69) is 12.0 Å². The highest BCUT2D eigenvalue weighted by molar-refractivity contribution is 5.67. The molecule has 5 nitrogen and oxygen atoms in total. The van der Waals surface area contributed by atoms with Crippen molar-refractivity contribution in [3.05, 3.63) is 18.5 Å². The maximum atomic E-state index is 11.7. The third kappa shape index (κ3) is 2.99. The lowest BCUT2D eigenvalue weighted by Gasteiger charge is -2.16. The van der Waals surface area contributed by atoms with Gasteiger partial charge in [-0.1, -0.05) is 13.3 Å². The van der Waals surface area contributed by atoms with Gasteiger partial charge in [0.05, 0.1) is 12.6 Å². The maximum absolute atomic E-state index is 11.7. The van der Waals surface area contributed by atoms with Crippen molar-refractivity contribution in [3.63, 3.8) is 0 Å². The predicted octanol–water partition coefficient (Wildman–Crippen LogP) is 2.07. The van der Waals surface area contributed by atoms with Crippen LogP contribution in [-0.2, 0) is 4.74 Å². The Balaban J connectivity index is 1.79. The Morgan fingerprint density at radius 2 is 2.47 bits per heavy atom. The Morgan fingerprint density at radius 1 is 1.59 bits per heavy atom. The van der Waals surface area contributed by atoms with Gasteiger partial charge in [-0.3, -0.25) is 4.68 Å². The van der Waals surface area contributed by atoms with Crippen LogP contribution in [0.3, 0.4) is 0 Å². The molecule has 1 aliphatic heterocycles. The van der Waals surface area contributed by atoms with E-state index in [-0.39, 0.29) is 6.09 Å². The van der Waals surface area contributed by atoms with Crippen molar-refractivity contribution in [2.75, 3.05) is 19.7 Å². The van der Waals surface area contributed by atoms with Gasteiger partial charge in [0.1, 0.15) is 0 Å². The first-order chi connectivity index (χ1) is 8.31. The van der Waals surface area contributed by atoms with Gasteiger partial charge in [-0.2, -0.15) is 5.10 Å². The minimum atomic E-state index is -0.187. The highest BCUT2D eigenvalue weighted by Gasteiger charge is 2.28. The van der Waals surface area contributed by atoms with Crippen molar-refractivity contribution in [1.29, 1.82) is 0 Å². The first-order valence-corrected chi connectivity index (χ1v) is 6.22. The highest BCUT2D eigenvalue weighted by Crippen LogP contribution is 2.21. The number of aromatic nitrogens is 2. The molecule has 1 aromatic rings. The Bertz CT molecular complexity index is 351. The van der Waals surface area contributed by atoms with E-state index in [1.807, 2.05) is 16.9 Å². The number of likely N-dealkylation sites (tertiary alicyclic amines) is 1. The highest BCUT2D eigenvalue weighted by atomic mass is 16.6. The van der Waals surface area contributed by atoms with Gasteiger partial charge < -0.3 is 9.64 Å². The second-order valence-corrected chi connectivity index (χ2v) is 4.34. The average molecular weight is 237 g/mol. The van der Waals surface area contributed by atoms with Crippen LogP contribution in [0, 0.1) is 0 Å². The zero-order chi connectivity index (χ0) is 12.1. The first-order valence-electron chi connectivity index (χ1n) is 6.22. The van der Waals surface area contributed by atoms with E-state index in [9.17, 15) is 4.79 Å². The van der Waals surface area contributed by atoms with Crippen molar-refractivity contribution >= 4 is 6.09 Å². The van der Waals surface area contributed by atoms with Gasteiger partial charge in [0, 0.05) is 25.5 Å². The fraction of sp³-hybridized carbons (Fsp3) is 0.667. The maximum Gasteiger partial charge on any atom is 0.409 e. The molecule has 2 heterocycles. The summed E-state index contributed by atoms with van der Waals surface area (Å²) in [4.78, 5) is 13.5. The molecule has 1 aromatic heterocycles. The van der Waals surface area contributed by atoms with Crippen LogP contribution in [0.4, 0.5) is 4.79 Å². The van der Waals surface area contributed by atoms with Gasteiger partial charge in [-0.25, -0.2) is 4.79 Å². The van der Waals surface area contributed by atoms with Crippen LogP contribution in [-0.4, -0.2) is 40.5 Å². The summed E-state index contributed by atoms with van der Waals surface area (Å²) in [5.74, 6) is 0. The molecule has 0 N–H and O–H groups in total. The summed E-state index contributed by atoms with van der Waals surface area (Å²) in [5, 5.41) is 4.21. The molecular weight excluding hydrogens is 218 g/mol. The summed E-state index contributed by atoms with van der Waals surface area (Å²) >= 11 is 0. The number of rotatable bonds is 4. The number of hydrogen-bond acceptors (Lipinski definition) is 3. The van der Waals surface area contributed by atoms with Crippen LogP contribution < -0.4 is 0 Å². The molecule has 0 saturated carbocycles. The van der Waals surface area contributed by atoms with E-state index < -0.39 is 0 Å². The van der Waals surface area contributed by atoms with E-state index in [0.717, 1.165) is 25.8 Å². The monoisotopic (exact) mass is 237 g/mol. The first kappa shape index (κ1) is 12.0. The lowest BCUT2D eigenvalue weighted by Crippen LogP contribution is -2.30. The van der Waals surface area contributed by atoms with Crippen molar-refractivity contribution in [1.82, 2.24) is 14.7 Å². The molecule has 1 amide bonds. The fourth-order valence-electron chi connectivity index (χ4n) is 2.02. The molecule has 0 radical (unpaired) electrons. The lowest BCUT2D eigenvalue weighted by atomic mass is 10.3. The topological polar surface area (TPSA) is 47.4 Å². The van der Waals surface area contributed by atoms with Gasteiger partial charge in [0.25, 0.3) is 0 Å². The molecule has 1 fully saturated rings. The van der Waals surface area contributed by atoms with E-state index in [4.69, 9.17) is 4.74 Å². The molecule has 5 heteroatoms. The molecule has 0 aliphatic carbocycles. The van der Waals surface area contributed by atoms with E-state index >= 15 is 0 Å². The average Bonchev–Trinajstić information content (AvgIpc) is 3.00. The molecule has 1 aliphatic rings. The summed E-state index contributed by atoms with van der Waals surface area (Å²) in [6.07, 6.45) is 6.45. The molecule has 0 spiro atoms. The van der Waals surface area contributed by atoms with Crippen LogP contribution >= 0.6 is 0 Å². The second kappa shape index (κ2) is 5.70. The van der Waals surface area contributed by atoms with Crippen LogP contribution in [0.1, 0.15) is 32.2 Å². The van der Waals surface area contributed by atoms with Crippen molar-refractivity contribution in [3.8, 4) is 0 Å². The third-order valence-electron chi connectivity index (χ3n) is 3.04. The lowest BCUT2D eigenvalue weighted by molar-refractivity contribution is 0.108. The molecule has 17 heavy (non-hydrogen) atoms. The molecule has 0 bridgehead atoms. The normalized spacial score (nSPS) is 19.6. The Morgan fingerprint density at radius 3 is 3.18 bits per heavy atom. The third-order valence-corrected chi connectivity index (χ3v) is 3.04. The Hall–Kier alpha value is -1.52. The van der Waals surface area contributed by atoms with E-state index in [1.54, 1.807) is 11.1 Å². The number of carbonyl (C=O) groups excluding carboxylic acids is 1. The molecule has 1 atom stereocenters. The quantitative estimate of drug-likeness (QED) is 0.753. The van der Waals surface area contributed by atoms with Crippen molar-refractivity contribution < 1.29 is 9.53 Å². The summed E-state index contributed by atoms with van der Waals surface area (Å²) in [5.41, 5.74) is 0. The standard InChI is InChI=1S/C12H19N3O2/c1-2-3-9-17-12(16)14-8-5-11(10-14)15-7-4-6-13-15/h4,6-7,11H,2-3,5,8-10H2,1H3. The van der Waals surface area contributed by atoms with Crippen LogP contribution in [0.25, 0.3) is 0 Å². The van der Waals surface area contributed by atoms with Gasteiger partial charge in [0.15, 0.2) is 0 Å². The molecule has 0 aromatic carbocycles. The molecule has 2 rings (SSSR count). The molecule has 94 valence electrons. The second-order valence-electron chi connectivity index (χ2n) is 4.34. The fourth-order valence-corrected chi connectivity index (χ4v) is 2.02. The van der Waals surface area contributed by atoms with Crippen LogP contribution in [0.2, 0.25) is 0 Å². The molecule has 1 unspecified atom stereocenters. The minimum Gasteiger partial charge on any atom is -0.449 e. The summed E-state index contributed by atoms with van der Waals surface area (Å²) < 4.78 is 7.11. The number of amides is 1. The number of carbonyl (C=O) groups is 1. The van der Waals surface area contributed by atoms with Crippen molar-refractivity contribution in [2.45, 2.75) is 32.2 Å². The van der Waals surface area contributed by atoms with Crippen LogP contribution in [0.5, 0.6) is 0 Å². The van der Waals surface area contributed by atoms with Gasteiger partial charge >= 0.3 is 6.09 Å². The minimum absolute atomic E-state index is 0.187. The Kier molecular flexibility index (Phi) is 4.01. The largest absolute Gasteiger partial charge is 0.449 e. The zero-order valence-corrected chi connectivity index (χ0v) is 10.2. The van der Waals surface area contributed by atoms with Crippen molar-refractivity contribution in [2.24, 2.45) is 0 Å². The van der Waals surface area contributed by atoms with Gasteiger partial charge in [-0.05, 0) is 18.9 Å². The molecular formula is C12H19N3O2. The summed E-state index contributed by atoms with van der Waals surface area (Å²) in [6, 6.07) is 2.20. The number of hydrogen-bond donors (Lipinski definition) is 0. The van der Waals surface area contributed by atoms with Gasteiger partial charge in [-0.15, -0.1) is 0 Å². The molecule has 1 saturated heterocycles. The van der Waals surface area contributed by atoms with Crippen LogP contribution in [0.15, 0.2) is 18.5 Å². The number of unbranched alkanes of at least 4 members (excludes halogenated alkanes) is 1. The van der Waals surface area contributed by atoms with E-state index in [0.29, 0.717) is 19.2 Å². The SMILES string of the molecule is CCCCOC(=O)N1CCC(n2cccn2)C1. The smallest absolute Gasteiger partial charge is 0.409 e. The van der Waals surface area contributed by atoms with Gasteiger partial charge in [0.2, 0.25) is 0 Å². The Labute approximate surface area is 101 Å². The van der Waals surface area contributed by atoms with E-state index in [1.165, 1.54) is 0 Å². The zero-order valence-electron chi connectivity index (χ0n) is 10.2. The number of ether oxygens (including phenoxy) is 1. The summed E-state index contributed by atoms with van der Waals surface area (Å²) in [6.45, 7) is 4.07.